The van der Waals surface area contributed by atoms with Crippen LogP contribution in [0.1, 0.15) is 6.42 Å². The van der Waals surface area contributed by atoms with Crippen LogP contribution in [0.5, 0.6) is 0 Å². The smallest absolute Gasteiger partial charge is 0.180 e. The zero-order valence-corrected chi connectivity index (χ0v) is 13.4. The minimum absolute atomic E-state index is 0.161. The Kier molecular flexibility index (Phi) is 4.43. The predicted molar refractivity (Wildman–Crippen MR) is 92.9 cm³/mol. The molecular weight excluding hydrogens is 290 g/mol. The molecule has 0 saturated heterocycles. The SMILES string of the molecule is CN(C)c1ccc(-c2cnc3c(NCCCO)nccn23)cc1. The molecule has 1 aromatic carbocycles. The van der Waals surface area contributed by atoms with Crippen molar-refractivity contribution >= 4 is 17.2 Å². The number of aromatic nitrogens is 3. The van der Waals surface area contributed by atoms with Crippen LogP contribution in [-0.4, -0.2) is 46.7 Å². The number of nitrogens with one attached hydrogen (secondary N) is 1. The maximum Gasteiger partial charge on any atom is 0.180 e. The van der Waals surface area contributed by atoms with E-state index in [0.29, 0.717) is 13.0 Å². The fourth-order valence-corrected chi connectivity index (χ4v) is 2.47. The summed E-state index contributed by atoms with van der Waals surface area (Å²) >= 11 is 0. The van der Waals surface area contributed by atoms with Gasteiger partial charge >= 0.3 is 0 Å². The van der Waals surface area contributed by atoms with Gasteiger partial charge in [0.25, 0.3) is 0 Å². The van der Waals surface area contributed by atoms with E-state index in [-0.39, 0.29) is 6.61 Å². The fourth-order valence-electron chi connectivity index (χ4n) is 2.47. The summed E-state index contributed by atoms with van der Waals surface area (Å²) in [4.78, 5) is 10.9. The summed E-state index contributed by atoms with van der Waals surface area (Å²) < 4.78 is 2.03. The first kappa shape index (κ1) is 15.3. The summed E-state index contributed by atoms with van der Waals surface area (Å²) in [5, 5.41) is 12.1. The third-order valence-electron chi connectivity index (χ3n) is 3.73. The van der Waals surface area contributed by atoms with E-state index in [1.807, 2.05) is 30.9 Å². The topological polar surface area (TPSA) is 65.7 Å². The van der Waals surface area contributed by atoms with Crippen LogP contribution in [0, 0.1) is 0 Å². The Bertz CT molecular complexity index is 779. The summed E-state index contributed by atoms with van der Waals surface area (Å²) in [5.41, 5.74) is 4.08. The molecule has 0 saturated carbocycles. The van der Waals surface area contributed by atoms with Crippen molar-refractivity contribution < 1.29 is 5.11 Å². The minimum Gasteiger partial charge on any atom is -0.396 e. The van der Waals surface area contributed by atoms with Crippen molar-refractivity contribution in [3.05, 3.63) is 42.9 Å². The largest absolute Gasteiger partial charge is 0.396 e. The van der Waals surface area contributed by atoms with Crippen molar-refractivity contribution in [3.8, 4) is 11.3 Å². The maximum atomic E-state index is 8.89. The number of benzene rings is 1. The van der Waals surface area contributed by atoms with Gasteiger partial charge in [-0.15, -0.1) is 0 Å². The molecule has 0 fully saturated rings. The van der Waals surface area contributed by atoms with Crippen LogP contribution in [0.25, 0.3) is 16.9 Å². The van der Waals surface area contributed by atoms with E-state index in [2.05, 4.69) is 44.5 Å². The highest BCUT2D eigenvalue weighted by Crippen LogP contribution is 2.25. The van der Waals surface area contributed by atoms with Crippen LogP contribution in [0.4, 0.5) is 11.5 Å². The van der Waals surface area contributed by atoms with E-state index >= 15 is 0 Å². The van der Waals surface area contributed by atoms with Gasteiger partial charge in [-0.05, 0) is 18.6 Å². The molecule has 6 nitrogen and oxygen atoms in total. The number of aliphatic hydroxyl groups excluding tert-OH is 1. The van der Waals surface area contributed by atoms with Gasteiger partial charge in [0, 0.05) is 50.9 Å². The van der Waals surface area contributed by atoms with Crippen molar-refractivity contribution in [1.29, 1.82) is 0 Å². The van der Waals surface area contributed by atoms with E-state index < -0.39 is 0 Å². The van der Waals surface area contributed by atoms with Gasteiger partial charge in [0.1, 0.15) is 0 Å². The number of fused-ring (bicyclic) bond motifs is 1. The Morgan fingerprint density at radius 3 is 2.65 bits per heavy atom. The third-order valence-corrected chi connectivity index (χ3v) is 3.73. The number of aliphatic hydroxyl groups is 1. The van der Waals surface area contributed by atoms with E-state index in [1.165, 1.54) is 0 Å². The lowest BCUT2D eigenvalue weighted by Crippen LogP contribution is -2.08. The molecule has 2 aromatic heterocycles. The second kappa shape index (κ2) is 6.66. The molecule has 0 spiro atoms. The van der Waals surface area contributed by atoms with Gasteiger partial charge in [-0.2, -0.15) is 0 Å². The Morgan fingerprint density at radius 2 is 1.96 bits per heavy atom. The summed E-state index contributed by atoms with van der Waals surface area (Å²) in [6.07, 6.45) is 6.21. The quantitative estimate of drug-likeness (QED) is 0.684. The van der Waals surface area contributed by atoms with Crippen LogP contribution < -0.4 is 10.2 Å². The molecule has 0 amide bonds. The zero-order chi connectivity index (χ0) is 16.2. The lowest BCUT2D eigenvalue weighted by atomic mass is 10.1. The Morgan fingerprint density at radius 1 is 1.17 bits per heavy atom. The van der Waals surface area contributed by atoms with Gasteiger partial charge in [-0.25, -0.2) is 9.97 Å². The van der Waals surface area contributed by atoms with Gasteiger partial charge in [0.2, 0.25) is 0 Å². The first-order valence-electron chi connectivity index (χ1n) is 7.65. The molecule has 0 aliphatic heterocycles. The van der Waals surface area contributed by atoms with Crippen LogP contribution >= 0.6 is 0 Å². The van der Waals surface area contributed by atoms with Crippen molar-refractivity contribution in [1.82, 2.24) is 14.4 Å². The Hall–Kier alpha value is -2.60. The Balaban J connectivity index is 1.94. The molecule has 3 rings (SSSR count). The normalized spacial score (nSPS) is 10.9. The average molecular weight is 311 g/mol. The van der Waals surface area contributed by atoms with Crippen molar-refractivity contribution in [2.45, 2.75) is 6.42 Å². The molecule has 120 valence electrons. The van der Waals surface area contributed by atoms with Gasteiger partial charge in [0.15, 0.2) is 11.5 Å². The summed E-state index contributed by atoms with van der Waals surface area (Å²) in [6.45, 7) is 0.830. The number of hydrogen-bond donors (Lipinski definition) is 2. The first-order chi connectivity index (χ1) is 11.2. The van der Waals surface area contributed by atoms with E-state index in [4.69, 9.17) is 5.11 Å². The van der Waals surface area contributed by atoms with Crippen LogP contribution in [-0.2, 0) is 0 Å². The van der Waals surface area contributed by atoms with Gasteiger partial charge < -0.3 is 15.3 Å². The number of hydrogen-bond acceptors (Lipinski definition) is 5. The zero-order valence-electron chi connectivity index (χ0n) is 13.4. The van der Waals surface area contributed by atoms with Gasteiger partial charge in [-0.1, -0.05) is 12.1 Å². The minimum atomic E-state index is 0.161. The van der Waals surface area contributed by atoms with E-state index in [1.54, 1.807) is 6.20 Å². The molecule has 2 heterocycles. The molecule has 0 radical (unpaired) electrons. The predicted octanol–water partition coefficient (Wildman–Crippen LogP) is 2.26. The first-order valence-corrected chi connectivity index (χ1v) is 7.65. The van der Waals surface area contributed by atoms with E-state index in [0.717, 1.165) is 28.4 Å². The molecule has 0 bridgehead atoms. The summed E-state index contributed by atoms with van der Waals surface area (Å²) in [7, 11) is 4.05. The van der Waals surface area contributed by atoms with Crippen LogP contribution in [0.3, 0.4) is 0 Å². The van der Waals surface area contributed by atoms with E-state index in [9.17, 15) is 0 Å². The molecule has 23 heavy (non-hydrogen) atoms. The fraction of sp³-hybridized carbons (Fsp3) is 0.294. The highest BCUT2D eigenvalue weighted by molar-refractivity contribution is 5.71. The highest BCUT2D eigenvalue weighted by atomic mass is 16.3. The number of rotatable bonds is 6. The molecule has 0 unspecified atom stereocenters. The second-order valence-electron chi connectivity index (χ2n) is 5.56. The van der Waals surface area contributed by atoms with Crippen molar-refractivity contribution in [3.63, 3.8) is 0 Å². The van der Waals surface area contributed by atoms with Crippen LogP contribution in [0.15, 0.2) is 42.9 Å². The van der Waals surface area contributed by atoms with Crippen LogP contribution in [0.2, 0.25) is 0 Å². The summed E-state index contributed by atoms with van der Waals surface area (Å²) in [6, 6.07) is 8.38. The van der Waals surface area contributed by atoms with Crippen molar-refractivity contribution in [2.75, 3.05) is 37.5 Å². The number of anilines is 2. The standard InChI is InChI=1S/C17H21N5O/c1-21(2)14-6-4-13(5-7-14)15-12-20-17-16(18-8-3-11-23)19-9-10-22(15)17/h4-7,9-10,12,23H,3,8,11H2,1-2H3,(H,18,19). The van der Waals surface area contributed by atoms with Gasteiger partial charge in [-0.3, -0.25) is 4.40 Å². The lowest BCUT2D eigenvalue weighted by Gasteiger charge is -2.12. The molecule has 3 aromatic rings. The second-order valence-corrected chi connectivity index (χ2v) is 5.56. The summed E-state index contributed by atoms with van der Waals surface area (Å²) in [5.74, 6) is 0.733. The van der Waals surface area contributed by atoms with Gasteiger partial charge in [0.05, 0.1) is 11.9 Å². The monoisotopic (exact) mass is 311 g/mol. The molecular formula is C17H21N5O. The van der Waals surface area contributed by atoms with Crippen molar-refractivity contribution in [2.24, 2.45) is 0 Å². The highest BCUT2D eigenvalue weighted by Gasteiger charge is 2.10. The Labute approximate surface area is 135 Å². The maximum absolute atomic E-state index is 8.89. The molecule has 0 atom stereocenters. The molecule has 0 aliphatic rings. The average Bonchev–Trinajstić information content (AvgIpc) is 3.00. The number of imidazole rings is 1. The third kappa shape index (κ3) is 3.12. The number of nitrogens with zero attached hydrogens (tertiary/aromatic N) is 4. The molecule has 2 N–H and O–H groups in total. The molecule has 0 aliphatic carbocycles. The lowest BCUT2D eigenvalue weighted by molar-refractivity contribution is 0.292. The molecule has 6 heteroatoms.